The van der Waals surface area contributed by atoms with Crippen molar-refractivity contribution < 1.29 is 24.7 Å². The number of rotatable bonds is 3. The zero-order valence-electron chi connectivity index (χ0n) is 24.2. The van der Waals surface area contributed by atoms with E-state index < -0.39 is 0 Å². The van der Waals surface area contributed by atoms with Crippen molar-refractivity contribution in [3.8, 4) is 22.6 Å². The van der Waals surface area contributed by atoms with Crippen molar-refractivity contribution in [1.29, 1.82) is 0 Å². The number of anilines is 2. The first kappa shape index (κ1) is 28.5. The Morgan fingerprint density at radius 1 is 0.791 bits per heavy atom. The van der Waals surface area contributed by atoms with E-state index in [1.165, 1.54) is 27.7 Å². The van der Waals surface area contributed by atoms with Crippen LogP contribution >= 0.6 is 0 Å². The Balaban J connectivity index is 0.000000213. The number of hydrogen-bond acceptors (Lipinski definition) is 2. The first-order chi connectivity index (χ1) is 20.6. The van der Waals surface area contributed by atoms with Gasteiger partial charge in [0.1, 0.15) is 5.52 Å². The molecule has 0 N–H and O–H groups in total. The van der Waals surface area contributed by atoms with Crippen LogP contribution in [0.5, 0.6) is 0 Å². The monoisotopic (exact) mass is 735 g/mol. The Kier molecular flexibility index (Phi) is 7.94. The second kappa shape index (κ2) is 12.0. The van der Waals surface area contributed by atoms with Gasteiger partial charge in [0.2, 0.25) is 0 Å². The SMILES string of the molecule is CC(C)c1ccc(-n2[c-][n+]3c4c(cccc42)N(C)c2c-3[c-]cc3ccccc23)cc1.[Ir+3].[c-]1ccccc1-c1ccccn1. The number of pyridine rings is 1. The van der Waals surface area contributed by atoms with Crippen LogP contribution in [0.15, 0.2) is 121 Å². The fraction of sp³-hybridized carbons (Fsp3) is 0.105. The van der Waals surface area contributed by atoms with Crippen LogP contribution in [0.3, 0.4) is 0 Å². The summed E-state index contributed by atoms with van der Waals surface area (Å²) in [5, 5.41) is 2.43. The summed E-state index contributed by atoms with van der Waals surface area (Å²) in [5.74, 6) is 0.520. The third-order valence-electron chi connectivity index (χ3n) is 7.85. The molecule has 5 aromatic carbocycles. The molecule has 0 saturated carbocycles. The Morgan fingerprint density at radius 2 is 1.58 bits per heavy atom. The van der Waals surface area contributed by atoms with E-state index in [4.69, 9.17) is 0 Å². The van der Waals surface area contributed by atoms with Gasteiger partial charge >= 0.3 is 20.1 Å². The van der Waals surface area contributed by atoms with Crippen molar-refractivity contribution in [2.24, 2.45) is 0 Å². The summed E-state index contributed by atoms with van der Waals surface area (Å²) in [7, 11) is 2.14. The van der Waals surface area contributed by atoms with Crippen LogP contribution in [-0.2, 0) is 20.1 Å². The Bertz CT molecular complexity index is 1980. The topological polar surface area (TPSA) is 24.9 Å². The third kappa shape index (κ3) is 5.16. The van der Waals surface area contributed by atoms with Crippen molar-refractivity contribution in [3.63, 3.8) is 0 Å². The molecule has 3 heterocycles. The maximum Gasteiger partial charge on any atom is 3.00 e. The summed E-state index contributed by atoms with van der Waals surface area (Å²) < 4.78 is 4.33. The Hall–Kier alpha value is -4.57. The average Bonchev–Trinajstić information content (AvgIpc) is 3.45. The third-order valence-corrected chi connectivity index (χ3v) is 7.85. The molecular formula is C38H30IrN4+. The van der Waals surface area contributed by atoms with Gasteiger partial charge in [0.05, 0.1) is 11.2 Å². The second-order valence-corrected chi connectivity index (χ2v) is 10.8. The molecule has 0 radical (unpaired) electrons. The molecule has 0 saturated heterocycles. The summed E-state index contributed by atoms with van der Waals surface area (Å²) in [6.45, 7) is 4.45. The molecule has 2 aromatic heterocycles. The van der Waals surface area contributed by atoms with Gasteiger partial charge < -0.3 is 14.5 Å². The van der Waals surface area contributed by atoms with Gasteiger partial charge in [0.15, 0.2) is 0 Å². The first-order valence-corrected chi connectivity index (χ1v) is 14.2. The average molecular weight is 735 g/mol. The van der Waals surface area contributed by atoms with Crippen LogP contribution in [0.1, 0.15) is 25.3 Å². The molecule has 0 fully saturated rings. The van der Waals surface area contributed by atoms with Gasteiger partial charge in [-0.25, -0.2) is 0 Å². The van der Waals surface area contributed by atoms with Gasteiger partial charge in [-0.2, -0.15) is 12.1 Å². The van der Waals surface area contributed by atoms with E-state index in [1.807, 2.05) is 42.5 Å². The number of benzene rings is 5. The molecule has 43 heavy (non-hydrogen) atoms. The van der Waals surface area contributed by atoms with Gasteiger partial charge in [0.25, 0.3) is 6.33 Å². The Labute approximate surface area is 266 Å². The number of fused-ring (bicyclic) bond motifs is 4. The summed E-state index contributed by atoms with van der Waals surface area (Å²) in [5.41, 5.74) is 10.2. The molecule has 0 spiro atoms. The van der Waals surface area contributed by atoms with Crippen LogP contribution in [0, 0.1) is 18.5 Å². The minimum atomic E-state index is 0. The number of imidazole rings is 1. The van der Waals surface area contributed by atoms with Crippen LogP contribution in [-0.4, -0.2) is 16.6 Å². The van der Waals surface area contributed by atoms with Crippen molar-refractivity contribution in [2.45, 2.75) is 19.8 Å². The number of nitrogens with zero attached hydrogens (tertiary/aromatic N) is 4. The van der Waals surface area contributed by atoms with E-state index in [9.17, 15) is 0 Å². The maximum absolute atomic E-state index is 4.22. The molecule has 0 atom stereocenters. The summed E-state index contributed by atoms with van der Waals surface area (Å²) in [6, 6.07) is 46.2. The zero-order chi connectivity index (χ0) is 28.6. The Morgan fingerprint density at radius 3 is 2.33 bits per heavy atom. The van der Waals surface area contributed by atoms with E-state index >= 15 is 0 Å². The van der Waals surface area contributed by atoms with Gasteiger partial charge in [-0.1, -0.05) is 74.1 Å². The number of hydrogen-bond donors (Lipinski definition) is 0. The minimum Gasteiger partial charge on any atom is -0.403 e. The van der Waals surface area contributed by atoms with E-state index in [1.54, 1.807) is 6.20 Å². The fourth-order valence-electron chi connectivity index (χ4n) is 5.66. The molecule has 0 bridgehead atoms. The molecule has 8 rings (SSSR count). The molecule has 1 aliphatic rings. The van der Waals surface area contributed by atoms with Gasteiger partial charge in [0, 0.05) is 11.9 Å². The number of para-hydroxylation sites is 1. The quantitative estimate of drug-likeness (QED) is 0.135. The van der Waals surface area contributed by atoms with E-state index in [2.05, 4.69) is 131 Å². The van der Waals surface area contributed by atoms with Gasteiger partial charge in [-0.15, -0.1) is 52.7 Å². The van der Waals surface area contributed by atoms with Crippen molar-refractivity contribution in [1.82, 2.24) is 9.55 Å². The molecular weight excluding hydrogens is 705 g/mol. The molecule has 5 heteroatoms. The zero-order valence-corrected chi connectivity index (χ0v) is 26.6. The fourth-order valence-corrected chi connectivity index (χ4v) is 5.66. The molecule has 0 aliphatic carbocycles. The molecule has 210 valence electrons. The molecule has 0 unspecified atom stereocenters. The van der Waals surface area contributed by atoms with Gasteiger partial charge in [-0.3, -0.25) is 4.57 Å². The predicted molar refractivity (Wildman–Crippen MR) is 171 cm³/mol. The van der Waals surface area contributed by atoms with Crippen LogP contribution < -0.4 is 9.47 Å². The van der Waals surface area contributed by atoms with E-state index in [0.717, 1.165) is 33.7 Å². The smallest absolute Gasteiger partial charge is 0.403 e. The number of aromatic nitrogens is 3. The second-order valence-electron chi connectivity index (χ2n) is 10.8. The standard InChI is InChI=1S/C27H22N3.C11H8N.Ir/c1-18(2)19-11-14-21(15-12-19)29-17-30-25-16-13-20-7-4-5-8-22(20)26(25)28(3)23-9-6-10-24(29)27(23)30;1-2-6-10(7-3-1)11-8-4-5-9-12-11;/h4-15,18H,1-3H3;1-6,8-9H;/q2*-1;+3. The molecule has 0 amide bonds. The maximum atomic E-state index is 4.22. The molecule has 4 nitrogen and oxygen atoms in total. The normalized spacial score (nSPS) is 11.6. The van der Waals surface area contributed by atoms with E-state index in [0.29, 0.717) is 5.92 Å². The van der Waals surface area contributed by atoms with Crippen molar-refractivity contribution in [2.75, 3.05) is 11.9 Å². The minimum absolute atomic E-state index is 0. The van der Waals surface area contributed by atoms with Crippen molar-refractivity contribution in [3.05, 3.63) is 145 Å². The van der Waals surface area contributed by atoms with Gasteiger partial charge in [-0.05, 0) is 54.2 Å². The van der Waals surface area contributed by atoms with Crippen LogP contribution in [0.2, 0.25) is 0 Å². The molecule has 1 aliphatic heterocycles. The van der Waals surface area contributed by atoms with Crippen molar-refractivity contribution >= 4 is 33.2 Å². The van der Waals surface area contributed by atoms with E-state index in [-0.39, 0.29) is 20.1 Å². The first-order valence-electron chi connectivity index (χ1n) is 14.2. The predicted octanol–water partition coefficient (Wildman–Crippen LogP) is 8.41. The van der Waals surface area contributed by atoms with Crippen LogP contribution in [0.4, 0.5) is 11.4 Å². The van der Waals surface area contributed by atoms with Crippen LogP contribution in [0.25, 0.3) is 44.4 Å². The molecule has 7 aromatic rings. The largest absolute Gasteiger partial charge is 3.00 e. The summed E-state index contributed by atoms with van der Waals surface area (Å²) >= 11 is 0. The summed E-state index contributed by atoms with van der Waals surface area (Å²) in [6.07, 6.45) is 5.40. The summed E-state index contributed by atoms with van der Waals surface area (Å²) in [4.78, 5) is 6.51.